The van der Waals surface area contributed by atoms with Gasteiger partial charge in [-0.25, -0.2) is 0 Å². The van der Waals surface area contributed by atoms with Gasteiger partial charge in [0.05, 0.1) is 6.04 Å². The number of rotatable bonds is 14. The Morgan fingerprint density at radius 2 is 1.40 bits per heavy atom. The predicted octanol–water partition coefficient (Wildman–Crippen LogP) is -0.268. The number of nitrogens with two attached hydrogens (primary N) is 1. The molecule has 12 nitrogen and oxygen atoms in total. The van der Waals surface area contributed by atoms with Crippen LogP contribution in [0.5, 0.6) is 5.75 Å². The van der Waals surface area contributed by atoms with Crippen LogP contribution >= 0.6 is 0 Å². The number of nitrogens with one attached hydrogen (secondary N) is 3. The van der Waals surface area contributed by atoms with Crippen LogP contribution in [0.25, 0.3) is 0 Å². The van der Waals surface area contributed by atoms with Gasteiger partial charge in [0.1, 0.15) is 23.9 Å². The highest BCUT2D eigenvalue weighted by Gasteiger charge is 2.30. The van der Waals surface area contributed by atoms with E-state index in [1.165, 1.54) is 19.1 Å². The molecule has 4 atom stereocenters. The van der Waals surface area contributed by atoms with E-state index in [9.17, 15) is 29.1 Å². The summed E-state index contributed by atoms with van der Waals surface area (Å²) in [7, 11) is 0. The molecular weight excluding hydrogens is 460 g/mol. The number of phenolic OH excluding ortho intramolecular Hbond substituents is 1. The number of carboxylic acids is 2. The summed E-state index contributed by atoms with van der Waals surface area (Å²) in [6, 6.07) is 1.52. The standard InChI is InChI=1S/C23H34N4O8/c1-12(2)10-18(27-20(31)16(24)11-14-4-6-15(28)7-5-14)22(33)26-17(8-9-19(29)30)21(32)25-13(3)23(34)35/h4-7,12-13,16-18,28H,8-11,24H2,1-3H3,(H,25,32)(H,26,33)(H,27,31)(H,29,30)(H,34,35). The second kappa shape index (κ2) is 13.9. The maximum Gasteiger partial charge on any atom is 0.325 e. The zero-order chi connectivity index (χ0) is 26.7. The summed E-state index contributed by atoms with van der Waals surface area (Å²) in [5, 5.41) is 34.6. The van der Waals surface area contributed by atoms with E-state index in [4.69, 9.17) is 15.9 Å². The lowest BCUT2D eigenvalue weighted by Gasteiger charge is -2.25. The van der Waals surface area contributed by atoms with Gasteiger partial charge in [-0.1, -0.05) is 26.0 Å². The first-order valence-corrected chi connectivity index (χ1v) is 11.2. The van der Waals surface area contributed by atoms with Crippen LogP contribution in [0.1, 0.15) is 45.6 Å². The van der Waals surface area contributed by atoms with Crippen molar-refractivity contribution in [3.8, 4) is 5.75 Å². The quantitative estimate of drug-likeness (QED) is 0.181. The lowest BCUT2D eigenvalue weighted by atomic mass is 10.0. The fourth-order valence-corrected chi connectivity index (χ4v) is 3.14. The Balaban J connectivity index is 2.93. The molecule has 194 valence electrons. The number of hydrogen-bond donors (Lipinski definition) is 7. The van der Waals surface area contributed by atoms with Gasteiger partial charge in [0.15, 0.2) is 0 Å². The molecule has 0 aliphatic heterocycles. The maximum atomic E-state index is 13.0. The van der Waals surface area contributed by atoms with E-state index in [-0.39, 0.29) is 30.9 Å². The molecule has 1 aromatic carbocycles. The molecule has 12 heteroatoms. The lowest BCUT2D eigenvalue weighted by molar-refractivity contribution is -0.142. The third-order valence-electron chi connectivity index (χ3n) is 5.08. The Morgan fingerprint density at radius 1 is 0.857 bits per heavy atom. The molecule has 0 aliphatic rings. The molecule has 0 bridgehead atoms. The fraction of sp³-hybridized carbons (Fsp3) is 0.522. The van der Waals surface area contributed by atoms with Crippen LogP contribution in [0.2, 0.25) is 0 Å². The van der Waals surface area contributed by atoms with Gasteiger partial charge in [0.2, 0.25) is 17.7 Å². The largest absolute Gasteiger partial charge is 0.508 e. The minimum atomic E-state index is -1.32. The van der Waals surface area contributed by atoms with Crippen molar-refractivity contribution in [2.45, 2.75) is 70.6 Å². The second-order valence-electron chi connectivity index (χ2n) is 8.73. The lowest BCUT2D eigenvalue weighted by Crippen LogP contribution is -2.57. The van der Waals surface area contributed by atoms with Gasteiger partial charge in [-0.15, -0.1) is 0 Å². The van der Waals surface area contributed by atoms with Crippen molar-refractivity contribution in [2.24, 2.45) is 11.7 Å². The molecule has 0 radical (unpaired) electrons. The molecule has 0 fully saturated rings. The number of carbonyl (C=O) groups excluding carboxylic acids is 3. The first-order valence-electron chi connectivity index (χ1n) is 11.2. The zero-order valence-electron chi connectivity index (χ0n) is 20.0. The van der Waals surface area contributed by atoms with Crippen molar-refractivity contribution in [3.63, 3.8) is 0 Å². The predicted molar refractivity (Wildman–Crippen MR) is 125 cm³/mol. The molecule has 4 unspecified atom stereocenters. The van der Waals surface area contributed by atoms with Crippen molar-refractivity contribution >= 4 is 29.7 Å². The van der Waals surface area contributed by atoms with Crippen LogP contribution < -0.4 is 21.7 Å². The Kier molecular flexibility index (Phi) is 11.7. The van der Waals surface area contributed by atoms with Crippen LogP contribution in [-0.4, -0.2) is 69.1 Å². The topological polar surface area (TPSA) is 208 Å². The van der Waals surface area contributed by atoms with Gasteiger partial charge in [0, 0.05) is 6.42 Å². The van der Waals surface area contributed by atoms with E-state index in [1.54, 1.807) is 12.1 Å². The van der Waals surface area contributed by atoms with E-state index in [2.05, 4.69) is 16.0 Å². The highest BCUT2D eigenvalue weighted by molar-refractivity contribution is 5.94. The smallest absolute Gasteiger partial charge is 0.325 e. The summed E-state index contributed by atoms with van der Waals surface area (Å²) in [4.78, 5) is 60.2. The maximum absolute atomic E-state index is 13.0. The van der Waals surface area contributed by atoms with Crippen molar-refractivity contribution in [1.82, 2.24) is 16.0 Å². The minimum Gasteiger partial charge on any atom is -0.508 e. The van der Waals surface area contributed by atoms with Crippen molar-refractivity contribution in [2.75, 3.05) is 0 Å². The number of carboxylic acid groups (broad SMARTS) is 2. The van der Waals surface area contributed by atoms with Crippen LogP contribution in [0, 0.1) is 5.92 Å². The van der Waals surface area contributed by atoms with Crippen molar-refractivity contribution < 1.29 is 39.3 Å². The van der Waals surface area contributed by atoms with Gasteiger partial charge in [-0.05, 0) is 49.8 Å². The number of aromatic hydroxyl groups is 1. The number of aliphatic carboxylic acids is 2. The Bertz CT molecular complexity index is 903. The SMILES string of the molecule is CC(C)CC(NC(=O)C(N)Cc1ccc(O)cc1)C(=O)NC(CCC(=O)O)C(=O)NC(C)C(=O)O. The normalized spacial score (nSPS) is 14.3. The summed E-state index contributed by atoms with van der Waals surface area (Å²) in [5.74, 6) is -4.64. The van der Waals surface area contributed by atoms with Crippen LogP contribution in [0.3, 0.4) is 0 Å². The van der Waals surface area contributed by atoms with E-state index in [1.807, 2.05) is 13.8 Å². The third-order valence-corrected chi connectivity index (χ3v) is 5.08. The Morgan fingerprint density at radius 3 is 1.91 bits per heavy atom. The summed E-state index contributed by atoms with van der Waals surface area (Å²) in [6.07, 6.45) is -0.359. The number of amides is 3. The average Bonchev–Trinajstić information content (AvgIpc) is 2.76. The van der Waals surface area contributed by atoms with Gasteiger partial charge >= 0.3 is 11.9 Å². The van der Waals surface area contributed by atoms with Gasteiger partial charge < -0.3 is 37.0 Å². The van der Waals surface area contributed by atoms with E-state index in [0.717, 1.165) is 0 Å². The van der Waals surface area contributed by atoms with Crippen LogP contribution in [0.4, 0.5) is 0 Å². The Hall–Kier alpha value is -3.67. The summed E-state index contributed by atoms with van der Waals surface area (Å²) in [5.41, 5.74) is 6.69. The zero-order valence-corrected chi connectivity index (χ0v) is 20.0. The van der Waals surface area contributed by atoms with Crippen molar-refractivity contribution in [3.05, 3.63) is 29.8 Å². The van der Waals surface area contributed by atoms with Gasteiger partial charge in [-0.3, -0.25) is 24.0 Å². The number of carbonyl (C=O) groups is 5. The molecule has 35 heavy (non-hydrogen) atoms. The van der Waals surface area contributed by atoms with E-state index < -0.39 is 60.2 Å². The monoisotopic (exact) mass is 494 g/mol. The molecule has 0 saturated carbocycles. The van der Waals surface area contributed by atoms with E-state index >= 15 is 0 Å². The average molecular weight is 495 g/mol. The Labute approximate surface area is 203 Å². The molecule has 0 aliphatic carbocycles. The molecule has 1 rings (SSSR count). The number of benzene rings is 1. The number of phenols is 1. The molecule has 3 amide bonds. The molecule has 0 heterocycles. The minimum absolute atomic E-state index is 0.0299. The fourth-order valence-electron chi connectivity index (χ4n) is 3.14. The first kappa shape index (κ1) is 29.4. The summed E-state index contributed by atoms with van der Waals surface area (Å²) < 4.78 is 0. The molecule has 0 aromatic heterocycles. The highest BCUT2D eigenvalue weighted by Crippen LogP contribution is 2.12. The molecular formula is C23H34N4O8. The molecule has 0 saturated heterocycles. The van der Waals surface area contributed by atoms with Crippen molar-refractivity contribution in [1.29, 1.82) is 0 Å². The van der Waals surface area contributed by atoms with Gasteiger partial charge in [-0.2, -0.15) is 0 Å². The second-order valence-corrected chi connectivity index (χ2v) is 8.73. The molecule has 0 spiro atoms. The third kappa shape index (κ3) is 10.9. The summed E-state index contributed by atoms with van der Waals surface area (Å²) in [6.45, 7) is 4.88. The van der Waals surface area contributed by atoms with Crippen LogP contribution in [0.15, 0.2) is 24.3 Å². The first-order chi connectivity index (χ1) is 16.3. The summed E-state index contributed by atoms with van der Waals surface area (Å²) >= 11 is 0. The number of hydrogen-bond acceptors (Lipinski definition) is 7. The molecule has 8 N–H and O–H groups in total. The van der Waals surface area contributed by atoms with Crippen LogP contribution in [-0.2, 0) is 30.4 Å². The molecule has 1 aromatic rings. The van der Waals surface area contributed by atoms with E-state index in [0.29, 0.717) is 5.56 Å². The highest BCUT2D eigenvalue weighted by atomic mass is 16.4. The van der Waals surface area contributed by atoms with Gasteiger partial charge in [0.25, 0.3) is 0 Å².